The Morgan fingerprint density at radius 1 is 0.848 bits per heavy atom. The summed E-state index contributed by atoms with van der Waals surface area (Å²) in [6.07, 6.45) is 6.73. The highest BCUT2D eigenvalue weighted by molar-refractivity contribution is 6.22. The number of imide groups is 1. The number of allylic oxidation sites excluding steroid dienone is 2. The van der Waals surface area contributed by atoms with E-state index in [0.717, 1.165) is 15.8 Å². The number of amides is 8. The Morgan fingerprint density at radius 2 is 1.55 bits per heavy atom. The fourth-order valence-corrected chi connectivity index (χ4v) is 14.4. The standard InChI is InChI=1S/C79H95N11O22/c1-39(2)61(84-55(92)19-12-11-13-31-89-56(93)24-25-57(89)94)75(102)83-51(18-15-30-81-76(80)103)74(101)82-48-22-20-46(21-23-48)38-108-77(104)90-34-28-50(87-90)47-26-32-88(33-27-47)49-36-52(91)62-54(37-49)110-71-63(85-62)58-59-67(97)45(8)70-60(58)72(99)79(9,112-70)109-35-29-53(107-10)42(5)69(111-78(105)106)44(7)66(96)43(6)65(95)40(3)16-14-17-41(4)73(100)86-64(71)68(59)98/h14,16-17,20-25,28-29,34-37,39-40,42-44,47,51,53,61,65-66,69,91,95-97H,11-13,15,18-19,26-27,30-33,38H2,1-10H3,(H,82,101)(H,83,102)(H,84,92)(H,86,100)(H,105,106)(H3,80,81,103)/b16-14+,35-29+,41-17-/t40-,42+,43+,44+,51-,53-,61-,65-,66+,69+,79-/m0/s1. The van der Waals surface area contributed by atoms with E-state index in [1.807, 2.05) is 4.90 Å². The molecular formula is C79H95N11O22. The number of primary amides is 1. The molecule has 12 N–H and O–H groups in total. The van der Waals surface area contributed by atoms with Gasteiger partial charge >= 0.3 is 24.1 Å². The van der Waals surface area contributed by atoms with Crippen LogP contribution >= 0.6 is 0 Å². The molecule has 11 atom stereocenters. The molecule has 6 aliphatic rings. The number of hydrogen-bond donors (Lipinski definition) is 11. The van der Waals surface area contributed by atoms with Gasteiger partial charge in [-0.1, -0.05) is 78.3 Å². The summed E-state index contributed by atoms with van der Waals surface area (Å²) in [6.45, 7) is 15.1. The number of ether oxygens (including phenoxy) is 5. The summed E-state index contributed by atoms with van der Waals surface area (Å²) in [7, 11) is 1.35. The lowest BCUT2D eigenvalue weighted by Gasteiger charge is -2.37. The number of anilines is 3. The number of nitrogens with one attached hydrogen (secondary N) is 5. The van der Waals surface area contributed by atoms with Gasteiger partial charge in [-0.3, -0.25) is 43.3 Å². The van der Waals surface area contributed by atoms with Crippen LogP contribution in [-0.4, -0.2) is 180 Å². The van der Waals surface area contributed by atoms with Gasteiger partial charge in [0.2, 0.25) is 23.2 Å². The van der Waals surface area contributed by atoms with E-state index in [1.165, 1.54) is 70.5 Å². The van der Waals surface area contributed by atoms with Crippen LogP contribution in [0.3, 0.4) is 0 Å². The van der Waals surface area contributed by atoms with E-state index < -0.39 is 136 Å². The van der Waals surface area contributed by atoms with Crippen LogP contribution in [-0.2, 0) is 54.3 Å². The van der Waals surface area contributed by atoms with Crippen molar-refractivity contribution in [2.45, 2.75) is 168 Å². The number of hydrogen-bond acceptors (Lipinski definition) is 24. The van der Waals surface area contributed by atoms with Crippen LogP contribution in [0.25, 0.3) is 33.3 Å². The molecule has 1 saturated heterocycles. The Bertz CT molecular complexity index is 4750. The Labute approximate surface area is 643 Å². The Kier molecular flexibility index (Phi) is 26.3. The van der Waals surface area contributed by atoms with Crippen LogP contribution in [0.5, 0.6) is 17.2 Å². The molecule has 8 amide bonds. The van der Waals surface area contributed by atoms with Gasteiger partial charge < -0.3 is 90.9 Å². The number of aliphatic hydroxyl groups excluding tert-OH is 2. The predicted octanol–water partition coefficient (Wildman–Crippen LogP) is 8.05. The predicted molar refractivity (Wildman–Crippen MR) is 407 cm³/mol. The van der Waals surface area contributed by atoms with Crippen LogP contribution in [0.1, 0.15) is 140 Å². The maximum atomic E-state index is 15.2. The second-order valence-corrected chi connectivity index (χ2v) is 29.3. The Balaban J connectivity index is 0.821. The summed E-state index contributed by atoms with van der Waals surface area (Å²) in [5.74, 6) is -11.5. The Hall–Kier alpha value is -11.7. The van der Waals surface area contributed by atoms with Crippen molar-refractivity contribution in [2.24, 2.45) is 35.3 Å². The number of unbranched alkanes of at least 4 members (excludes halogenated alkanes) is 2. The number of piperidine rings is 1. The summed E-state index contributed by atoms with van der Waals surface area (Å²) < 4.78 is 36.8. The third kappa shape index (κ3) is 18.5. The number of phenolic OH excluding ortho intramolecular Hbond substituents is 2. The number of methoxy groups -OCH3 is 1. The van der Waals surface area contributed by atoms with E-state index in [2.05, 4.69) is 31.7 Å². The van der Waals surface area contributed by atoms with E-state index >= 15 is 9.59 Å². The fraction of sp³-hybridized carbons (Fsp3) is 0.456. The number of carboxylic acid groups (broad SMARTS) is 1. The van der Waals surface area contributed by atoms with Crippen LogP contribution in [0, 0.1) is 36.5 Å². The van der Waals surface area contributed by atoms with E-state index in [0.29, 0.717) is 67.8 Å². The molecule has 0 radical (unpaired) electrons. The summed E-state index contributed by atoms with van der Waals surface area (Å²) in [5, 5.41) is 74.3. The zero-order valence-electron chi connectivity index (χ0n) is 63.8. The van der Waals surface area contributed by atoms with Gasteiger partial charge in [-0.25, -0.2) is 19.4 Å². The highest BCUT2D eigenvalue weighted by atomic mass is 16.7. The van der Waals surface area contributed by atoms with Crippen molar-refractivity contribution in [2.75, 3.05) is 48.8 Å². The monoisotopic (exact) mass is 1550 g/mol. The third-order valence-corrected chi connectivity index (χ3v) is 21.1. The smallest absolute Gasteiger partial charge is 0.506 e. The zero-order valence-corrected chi connectivity index (χ0v) is 63.8. The van der Waals surface area contributed by atoms with Crippen LogP contribution in [0.15, 0.2) is 106 Å². The minimum atomic E-state index is -2.21. The quantitative estimate of drug-likeness (QED) is 0.0101. The number of aromatic hydroxyl groups is 2. The minimum absolute atomic E-state index is 0.0495. The lowest BCUT2D eigenvalue weighted by molar-refractivity contribution is -0.137. The lowest BCUT2D eigenvalue weighted by atomic mass is 9.78. The van der Waals surface area contributed by atoms with E-state index in [9.17, 15) is 68.7 Å². The number of nitrogens with zero attached hydrogens (tertiary/aromatic N) is 5. The molecule has 4 aromatic rings. The number of nitrogens with two attached hydrogens (primary N) is 1. The first-order chi connectivity index (χ1) is 53.2. The fourth-order valence-electron chi connectivity index (χ4n) is 14.4. The van der Waals surface area contributed by atoms with Gasteiger partial charge in [0.25, 0.3) is 23.5 Å². The van der Waals surface area contributed by atoms with Crippen molar-refractivity contribution >= 4 is 98.4 Å². The van der Waals surface area contributed by atoms with Crippen molar-refractivity contribution < 1.29 is 102 Å². The van der Waals surface area contributed by atoms with Gasteiger partial charge in [-0.05, 0) is 88.1 Å². The molecule has 112 heavy (non-hydrogen) atoms. The maximum Gasteiger partial charge on any atom is 0.506 e. The van der Waals surface area contributed by atoms with Crippen LogP contribution in [0.4, 0.5) is 31.4 Å². The topological polar surface area (TPSA) is 472 Å². The number of aliphatic hydroxyl groups is 2. The number of ketones is 1. The van der Waals surface area contributed by atoms with Crippen LogP contribution < -0.4 is 47.4 Å². The summed E-state index contributed by atoms with van der Waals surface area (Å²) in [5.41, 5.74) is 5.08. The third-order valence-electron chi connectivity index (χ3n) is 21.1. The SMILES string of the molecule is CO[C@H]1/C=C/O[C@@]2(C)Oc3c(C)c(O)c4c(=O)c(c5oc6cc(N7CCC(c8ccn(C(=O)OCc9ccc(NC(=O)[C@H](CCCNC(N)=O)NC(=O)[C@@H](NC(=O)CCCCCN%10C(=O)C=CC%10=O)C(C)C)cc9)n8)CC7)cc(O)c6nc-5c4c3C2=O)NC(=O)/C(C)=C\C=C\[C@H](C)[C@H](O)[C@@H](C)[C@@H](O)[C@@H](C)[C@H](OC(=O)O)[C@@H]1C. The number of fused-ring (bicyclic) bond motifs is 2. The van der Waals surface area contributed by atoms with E-state index in [-0.39, 0.29) is 119 Å². The molecule has 5 aliphatic heterocycles. The average Bonchev–Trinajstić information content (AvgIpc) is 1.42. The zero-order chi connectivity index (χ0) is 81.3. The van der Waals surface area contributed by atoms with Gasteiger partial charge in [0.05, 0.1) is 41.2 Å². The minimum Gasteiger partial charge on any atom is -0.507 e. The summed E-state index contributed by atoms with van der Waals surface area (Å²) in [6, 6.07) is 8.32. The number of rotatable bonds is 22. The second kappa shape index (κ2) is 35.5. The molecule has 0 unspecified atom stereocenters. The van der Waals surface area contributed by atoms with Gasteiger partial charge in [0.1, 0.15) is 58.9 Å². The molecular weight excluding hydrogens is 1450 g/mol. The lowest BCUT2D eigenvalue weighted by Crippen LogP contribution is -2.54. The van der Waals surface area contributed by atoms with Crippen molar-refractivity contribution in [3.05, 3.63) is 130 Å². The molecule has 33 nitrogen and oxygen atoms in total. The number of carbonyl (C=O) groups excluding carboxylic acids is 9. The normalized spacial score (nSPS) is 23.4. The van der Waals surface area contributed by atoms with Gasteiger partial charge in [0, 0.05) is 135 Å². The molecule has 6 heterocycles. The molecule has 598 valence electrons. The molecule has 1 aliphatic carbocycles. The number of aromatic nitrogens is 3. The summed E-state index contributed by atoms with van der Waals surface area (Å²) in [4.78, 5) is 154. The number of carbonyl (C=O) groups is 10. The number of urea groups is 1. The molecule has 0 spiro atoms. The molecule has 0 saturated carbocycles. The molecule has 4 bridgehead atoms. The van der Waals surface area contributed by atoms with E-state index in [1.54, 1.807) is 84.0 Å². The van der Waals surface area contributed by atoms with Crippen LogP contribution in [0.2, 0.25) is 0 Å². The number of phenols is 2. The van der Waals surface area contributed by atoms with Crippen molar-refractivity contribution in [3.8, 4) is 28.7 Å². The first-order valence-corrected chi connectivity index (χ1v) is 37.1. The van der Waals surface area contributed by atoms with Gasteiger partial charge in [-0.15, -0.1) is 0 Å². The Morgan fingerprint density at radius 3 is 2.22 bits per heavy atom. The number of benzene rings is 4. The molecule has 33 heteroatoms. The average molecular weight is 1550 g/mol. The van der Waals surface area contributed by atoms with E-state index in [4.69, 9.17) is 38.8 Å². The molecule has 1 fully saturated rings. The maximum absolute atomic E-state index is 15.2. The molecule has 1 aromatic heterocycles. The first-order valence-electron chi connectivity index (χ1n) is 37.1. The van der Waals surface area contributed by atoms with Gasteiger partial charge in [-0.2, -0.15) is 9.78 Å². The number of Topliss-reactive ketones (excluding diaryl/α,β-unsaturated/α-hetero) is 1. The summed E-state index contributed by atoms with van der Waals surface area (Å²) >= 11 is 0. The van der Waals surface area contributed by atoms with Crippen molar-refractivity contribution in [1.82, 2.24) is 35.6 Å². The second-order valence-electron chi connectivity index (χ2n) is 29.3. The first kappa shape index (κ1) is 82.8. The van der Waals surface area contributed by atoms with Gasteiger partial charge in [0.15, 0.2) is 11.3 Å². The molecule has 10 rings (SSSR count). The highest BCUT2D eigenvalue weighted by Gasteiger charge is 2.50. The van der Waals surface area contributed by atoms with Crippen molar-refractivity contribution in [1.29, 1.82) is 0 Å². The molecule has 3 aromatic carbocycles. The largest absolute Gasteiger partial charge is 0.507 e. The van der Waals surface area contributed by atoms with Crippen molar-refractivity contribution in [3.63, 3.8) is 0 Å². The highest BCUT2D eigenvalue weighted by Crippen LogP contribution is 2.51.